The molecular weight excluding hydrogens is 308 g/mol. The standard InChI is InChI=1S/C17H20N4OS/c1-13-18-14(12-23-13)10-20-6-8-21(9-7-20)11-16-15-4-2-3-5-17(15)22-19-16/h2-5,12H,6-11H2,1H3. The number of hydrogen-bond acceptors (Lipinski definition) is 6. The second-order valence-corrected chi connectivity index (χ2v) is 7.10. The van der Waals surface area contributed by atoms with Crippen molar-refractivity contribution in [2.75, 3.05) is 26.2 Å². The number of hydrogen-bond donors (Lipinski definition) is 0. The minimum Gasteiger partial charge on any atom is -0.356 e. The minimum atomic E-state index is 0.862. The van der Waals surface area contributed by atoms with Crippen LogP contribution in [0.3, 0.4) is 0 Å². The van der Waals surface area contributed by atoms with Crippen molar-refractivity contribution in [3.05, 3.63) is 46.0 Å². The van der Waals surface area contributed by atoms with Crippen molar-refractivity contribution in [3.63, 3.8) is 0 Å². The second kappa shape index (κ2) is 6.39. The molecule has 2 aromatic heterocycles. The zero-order valence-corrected chi connectivity index (χ0v) is 14.1. The highest BCUT2D eigenvalue weighted by Crippen LogP contribution is 2.20. The van der Waals surface area contributed by atoms with Crippen molar-refractivity contribution in [3.8, 4) is 0 Å². The van der Waals surface area contributed by atoms with Crippen LogP contribution in [0.15, 0.2) is 34.2 Å². The molecule has 1 aliphatic rings. The van der Waals surface area contributed by atoms with E-state index in [4.69, 9.17) is 4.52 Å². The molecule has 0 bridgehead atoms. The van der Waals surface area contributed by atoms with Crippen LogP contribution in [0, 0.1) is 6.92 Å². The first-order chi connectivity index (χ1) is 11.3. The predicted octanol–water partition coefficient (Wildman–Crippen LogP) is 2.91. The molecular formula is C17H20N4OS. The summed E-state index contributed by atoms with van der Waals surface area (Å²) >= 11 is 1.73. The molecule has 0 spiro atoms. The van der Waals surface area contributed by atoms with E-state index in [2.05, 4.69) is 38.3 Å². The monoisotopic (exact) mass is 328 g/mol. The van der Waals surface area contributed by atoms with Gasteiger partial charge in [0.2, 0.25) is 0 Å². The molecule has 6 heteroatoms. The van der Waals surface area contributed by atoms with Crippen molar-refractivity contribution in [1.82, 2.24) is 19.9 Å². The molecule has 0 radical (unpaired) electrons. The van der Waals surface area contributed by atoms with Gasteiger partial charge in [0.15, 0.2) is 5.58 Å². The Hall–Kier alpha value is -1.76. The highest BCUT2D eigenvalue weighted by atomic mass is 32.1. The van der Waals surface area contributed by atoms with E-state index >= 15 is 0 Å². The molecule has 1 saturated heterocycles. The van der Waals surface area contributed by atoms with Crippen LogP contribution >= 0.6 is 11.3 Å². The fraction of sp³-hybridized carbons (Fsp3) is 0.412. The molecule has 0 aliphatic carbocycles. The second-order valence-electron chi connectivity index (χ2n) is 6.04. The summed E-state index contributed by atoms with van der Waals surface area (Å²) in [5.41, 5.74) is 3.12. The number of para-hydroxylation sites is 1. The Morgan fingerprint density at radius 3 is 2.57 bits per heavy atom. The van der Waals surface area contributed by atoms with Gasteiger partial charge in [-0.2, -0.15) is 0 Å². The summed E-state index contributed by atoms with van der Waals surface area (Å²) in [4.78, 5) is 9.49. The van der Waals surface area contributed by atoms with Crippen LogP contribution in [0.5, 0.6) is 0 Å². The summed E-state index contributed by atoms with van der Waals surface area (Å²) in [5.74, 6) is 0. The van der Waals surface area contributed by atoms with Crippen LogP contribution in [0.2, 0.25) is 0 Å². The van der Waals surface area contributed by atoms with E-state index in [1.807, 2.05) is 18.2 Å². The Morgan fingerprint density at radius 1 is 1.09 bits per heavy atom. The molecule has 0 amide bonds. The molecule has 0 N–H and O–H groups in total. The first-order valence-corrected chi connectivity index (χ1v) is 8.85. The van der Waals surface area contributed by atoms with Crippen molar-refractivity contribution in [2.45, 2.75) is 20.0 Å². The summed E-state index contributed by atoms with van der Waals surface area (Å²) in [7, 11) is 0. The first kappa shape index (κ1) is 14.8. The average molecular weight is 328 g/mol. The predicted molar refractivity (Wildman–Crippen MR) is 91.4 cm³/mol. The van der Waals surface area contributed by atoms with Gasteiger partial charge in [-0.15, -0.1) is 11.3 Å². The van der Waals surface area contributed by atoms with E-state index in [1.165, 1.54) is 5.69 Å². The maximum absolute atomic E-state index is 5.40. The number of rotatable bonds is 4. The average Bonchev–Trinajstić information content (AvgIpc) is 3.16. The number of piperazine rings is 1. The minimum absolute atomic E-state index is 0.862. The number of aryl methyl sites for hydroxylation is 1. The molecule has 0 saturated carbocycles. The zero-order chi connectivity index (χ0) is 15.6. The lowest BCUT2D eigenvalue weighted by Crippen LogP contribution is -2.45. The van der Waals surface area contributed by atoms with E-state index in [1.54, 1.807) is 11.3 Å². The van der Waals surface area contributed by atoms with Gasteiger partial charge in [0.1, 0.15) is 5.69 Å². The Morgan fingerprint density at radius 2 is 1.83 bits per heavy atom. The number of thiazole rings is 1. The molecule has 3 heterocycles. The molecule has 23 heavy (non-hydrogen) atoms. The Balaban J connectivity index is 1.34. The maximum atomic E-state index is 5.40. The summed E-state index contributed by atoms with van der Waals surface area (Å²) in [6, 6.07) is 8.08. The lowest BCUT2D eigenvalue weighted by molar-refractivity contribution is 0.119. The van der Waals surface area contributed by atoms with Gasteiger partial charge < -0.3 is 4.52 Å². The SMILES string of the molecule is Cc1nc(CN2CCN(Cc3noc4ccccc34)CC2)cs1. The normalized spacial score (nSPS) is 17.1. The van der Waals surface area contributed by atoms with Crippen molar-refractivity contribution >= 4 is 22.3 Å². The number of aromatic nitrogens is 2. The van der Waals surface area contributed by atoms with Crippen LogP contribution in [0.4, 0.5) is 0 Å². The quantitative estimate of drug-likeness (QED) is 0.737. The van der Waals surface area contributed by atoms with Gasteiger partial charge in [-0.25, -0.2) is 4.98 Å². The molecule has 5 nitrogen and oxygen atoms in total. The molecule has 1 aliphatic heterocycles. The van der Waals surface area contributed by atoms with Gasteiger partial charge >= 0.3 is 0 Å². The molecule has 4 rings (SSSR count). The maximum Gasteiger partial charge on any atom is 0.167 e. The first-order valence-electron chi connectivity index (χ1n) is 7.97. The molecule has 120 valence electrons. The van der Waals surface area contributed by atoms with Crippen molar-refractivity contribution in [1.29, 1.82) is 0 Å². The molecule has 1 aromatic carbocycles. The molecule has 0 unspecified atom stereocenters. The fourth-order valence-corrected chi connectivity index (χ4v) is 3.68. The highest BCUT2D eigenvalue weighted by molar-refractivity contribution is 7.09. The third-order valence-corrected chi connectivity index (χ3v) is 5.16. The Labute approximate surface area is 139 Å². The van der Waals surface area contributed by atoms with E-state index < -0.39 is 0 Å². The highest BCUT2D eigenvalue weighted by Gasteiger charge is 2.19. The Bertz CT molecular complexity index is 789. The van der Waals surface area contributed by atoms with E-state index in [0.29, 0.717) is 0 Å². The van der Waals surface area contributed by atoms with Gasteiger partial charge in [-0.3, -0.25) is 9.80 Å². The molecule has 0 atom stereocenters. The van der Waals surface area contributed by atoms with Gasteiger partial charge in [-0.05, 0) is 19.1 Å². The van der Waals surface area contributed by atoms with Gasteiger partial charge in [0.25, 0.3) is 0 Å². The van der Waals surface area contributed by atoms with Crippen LogP contribution < -0.4 is 0 Å². The summed E-state index contributed by atoms with van der Waals surface area (Å²) in [6.45, 7) is 8.16. The van der Waals surface area contributed by atoms with Crippen molar-refractivity contribution in [2.24, 2.45) is 0 Å². The van der Waals surface area contributed by atoms with Crippen LogP contribution in [-0.2, 0) is 13.1 Å². The fourth-order valence-electron chi connectivity index (χ4n) is 3.08. The number of nitrogens with zero attached hydrogens (tertiary/aromatic N) is 4. The summed E-state index contributed by atoms with van der Waals surface area (Å²) in [6.07, 6.45) is 0. The van der Waals surface area contributed by atoms with E-state index in [0.717, 1.165) is 60.9 Å². The number of benzene rings is 1. The van der Waals surface area contributed by atoms with Crippen LogP contribution in [0.1, 0.15) is 16.4 Å². The largest absolute Gasteiger partial charge is 0.356 e. The van der Waals surface area contributed by atoms with Crippen molar-refractivity contribution < 1.29 is 4.52 Å². The van der Waals surface area contributed by atoms with Gasteiger partial charge in [0, 0.05) is 50.0 Å². The Kier molecular flexibility index (Phi) is 4.11. The smallest absolute Gasteiger partial charge is 0.167 e. The molecule has 3 aromatic rings. The zero-order valence-electron chi connectivity index (χ0n) is 13.2. The van der Waals surface area contributed by atoms with Crippen LogP contribution in [0.25, 0.3) is 11.0 Å². The topological polar surface area (TPSA) is 45.4 Å². The van der Waals surface area contributed by atoms with Gasteiger partial charge in [-0.1, -0.05) is 17.3 Å². The van der Waals surface area contributed by atoms with Crippen LogP contribution in [-0.4, -0.2) is 46.1 Å². The third-order valence-electron chi connectivity index (χ3n) is 4.34. The molecule has 1 fully saturated rings. The summed E-state index contributed by atoms with van der Waals surface area (Å²) in [5, 5.41) is 8.69. The van der Waals surface area contributed by atoms with E-state index in [9.17, 15) is 0 Å². The number of fused-ring (bicyclic) bond motifs is 1. The van der Waals surface area contributed by atoms with E-state index in [-0.39, 0.29) is 0 Å². The van der Waals surface area contributed by atoms with Gasteiger partial charge in [0.05, 0.1) is 10.7 Å². The third kappa shape index (κ3) is 3.29. The lowest BCUT2D eigenvalue weighted by Gasteiger charge is -2.33. The lowest BCUT2D eigenvalue weighted by atomic mass is 10.2. The summed E-state index contributed by atoms with van der Waals surface area (Å²) < 4.78 is 5.40.